The Balaban J connectivity index is 2.48. The van der Waals surface area contributed by atoms with Gasteiger partial charge in [0.1, 0.15) is 5.78 Å². The Bertz CT molecular complexity index is 345. The van der Waals surface area contributed by atoms with Crippen LogP contribution in [0.2, 0.25) is 5.02 Å². The second-order valence-corrected chi connectivity index (χ2v) is 4.86. The zero-order valence-electron chi connectivity index (χ0n) is 10.0. The summed E-state index contributed by atoms with van der Waals surface area (Å²) in [6.45, 7) is 5.13. The smallest absolute Gasteiger partial charge is 0.149 e. The molecular weight excluding hydrogens is 222 g/mol. The molecule has 0 heterocycles. The first kappa shape index (κ1) is 13.2. The molecule has 16 heavy (non-hydrogen) atoms. The van der Waals surface area contributed by atoms with Crippen LogP contribution in [0.5, 0.6) is 0 Å². The third-order valence-corrected chi connectivity index (χ3v) is 2.69. The summed E-state index contributed by atoms with van der Waals surface area (Å²) in [6, 6.07) is 7.71. The lowest BCUT2D eigenvalue weighted by molar-refractivity contribution is -0.122. The number of Topliss-reactive ketones (excluding diaryl/α,β-unsaturated/α-hetero) is 1. The highest BCUT2D eigenvalue weighted by atomic mass is 35.5. The number of hydrogen-bond donors (Lipinski definition) is 0. The number of nitrogens with zero attached hydrogens (tertiary/aromatic N) is 1. The van der Waals surface area contributed by atoms with Crippen molar-refractivity contribution >= 4 is 17.4 Å². The summed E-state index contributed by atoms with van der Waals surface area (Å²) in [6.07, 6.45) is 0. The molecule has 0 aliphatic carbocycles. The van der Waals surface area contributed by atoms with Crippen molar-refractivity contribution in [3.05, 3.63) is 34.9 Å². The second-order valence-electron chi connectivity index (χ2n) is 4.42. The van der Waals surface area contributed by atoms with Crippen molar-refractivity contribution in [3.8, 4) is 0 Å². The van der Waals surface area contributed by atoms with Crippen molar-refractivity contribution in [2.45, 2.75) is 20.4 Å². The molecule has 1 aromatic rings. The first-order valence-electron chi connectivity index (χ1n) is 5.44. The summed E-state index contributed by atoms with van der Waals surface area (Å²) < 4.78 is 0. The van der Waals surface area contributed by atoms with Crippen LogP contribution in [0.3, 0.4) is 0 Å². The normalized spacial score (nSPS) is 11.1. The van der Waals surface area contributed by atoms with Gasteiger partial charge >= 0.3 is 0 Å². The van der Waals surface area contributed by atoms with E-state index in [1.54, 1.807) is 0 Å². The lowest BCUT2D eigenvalue weighted by Crippen LogP contribution is -2.28. The van der Waals surface area contributed by atoms with Crippen molar-refractivity contribution in [3.63, 3.8) is 0 Å². The van der Waals surface area contributed by atoms with Gasteiger partial charge in [-0.3, -0.25) is 9.69 Å². The molecule has 0 fully saturated rings. The largest absolute Gasteiger partial charge is 0.298 e. The zero-order valence-corrected chi connectivity index (χ0v) is 10.8. The molecule has 0 unspecified atom stereocenters. The highest BCUT2D eigenvalue weighted by Crippen LogP contribution is 2.11. The van der Waals surface area contributed by atoms with Gasteiger partial charge in [0.2, 0.25) is 0 Å². The maximum absolute atomic E-state index is 11.5. The van der Waals surface area contributed by atoms with Crippen molar-refractivity contribution < 1.29 is 4.79 Å². The molecule has 0 radical (unpaired) electrons. The van der Waals surface area contributed by atoms with Gasteiger partial charge in [0, 0.05) is 17.5 Å². The number of halogens is 1. The van der Waals surface area contributed by atoms with Gasteiger partial charge in [-0.1, -0.05) is 37.6 Å². The summed E-state index contributed by atoms with van der Waals surface area (Å²) in [5, 5.41) is 0.740. The van der Waals surface area contributed by atoms with Crippen LogP contribution in [-0.2, 0) is 11.3 Å². The van der Waals surface area contributed by atoms with Crippen LogP contribution in [-0.4, -0.2) is 24.3 Å². The molecule has 0 spiro atoms. The third-order valence-electron chi connectivity index (χ3n) is 2.44. The number of rotatable bonds is 5. The van der Waals surface area contributed by atoms with Gasteiger partial charge in [-0.15, -0.1) is 0 Å². The number of likely N-dealkylation sites (N-methyl/N-ethyl adjacent to an activating group) is 1. The van der Waals surface area contributed by atoms with Gasteiger partial charge in [-0.2, -0.15) is 0 Å². The van der Waals surface area contributed by atoms with Gasteiger partial charge in [0.15, 0.2) is 0 Å². The fraction of sp³-hybridized carbons (Fsp3) is 0.462. The molecule has 1 rings (SSSR count). The quantitative estimate of drug-likeness (QED) is 0.787. The fourth-order valence-corrected chi connectivity index (χ4v) is 1.53. The molecule has 0 aliphatic rings. The van der Waals surface area contributed by atoms with Crippen LogP contribution in [0.4, 0.5) is 0 Å². The van der Waals surface area contributed by atoms with Crippen LogP contribution in [0, 0.1) is 5.92 Å². The van der Waals surface area contributed by atoms with E-state index in [0.29, 0.717) is 6.54 Å². The molecule has 0 aliphatic heterocycles. The van der Waals surface area contributed by atoms with Gasteiger partial charge in [0.05, 0.1) is 6.54 Å². The van der Waals surface area contributed by atoms with E-state index in [1.807, 2.05) is 50.1 Å². The van der Waals surface area contributed by atoms with Crippen LogP contribution < -0.4 is 0 Å². The van der Waals surface area contributed by atoms with E-state index < -0.39 is 0 Å². The minimum atomic E-state index is 0.104. The predicted octanol–water partition coefficient (Wildman–Crippen LogP) is 3.00. The lowest BCUT2D eigenvalue weighted by Gasteiger charge is -2.17. The van der Waals surface area contributed by atoms with Crippen molar-refractivity contribution in [2.75, 3.05) is 13.6 Å². The molecule has 0 atom stereocenters. The van der Waals surface area contributed by atoms with Gasteiger partial charge in [-0.05, 0) is 24.7 Å². The van der Waals surface area contributed by atoms with Crippen LogP contribution in [0.1, 0.15) is 19.4 Å². The molecule has 0 aromatic heterocycles. The van der Waals surface area contributed by atoms with E-state index in [2.05, 4.69) is 0 Å². The average Bonchev–Trinajstić information content (AvgIpc) is 2.21. The molecule has 0 bridgehead atoms. The molecule has 0 saturated carbocycles. The molecule has 1 aromatic carbocycles. The molecular formula is C13H18ClNO. The van der Waals surface area contributed by atoms with Crippen LogP contribution >= 0.6 is 11.6 Å². The van der Waals surface area contributed by atoms with Gasteiger partial charge in [-0.25, -0.2) is 0 Å². The number of benzene rings is 1. The number of hydrogen-bond acceptors (Lipinski definition) is 2. The predicted molar refractivity (Wildman–Crippen MR) is 67.6 cm³/mol. The van der Waals surface area contributed by atoms with E-state index in [4.69, 9.17) is 11.6 Å². The van der Waals surface area contributed by atoms with E-state index in [-0.39, 0.29) is 11.7 Å². The zero-order chi connectivity index (χ0) is 12.1. The number of ketones is 1. The highest BCUT2D eigenvalue weighted by molar-refractivity contribution is 6.30. The van der Waals surface area contributed by atoms with Crippen molar-refractivity contribution in [2.24, 2.45) is 5.92 Å². The average molecular weight is 240 g/mol. The highest BCUT2D eigenvalue weighted by Gasteiger charge is 2.10. The van der Waals surface area contributed by atoms with Gasteiger partial charge in [0.25, 0.3) is 0 Å². The van der Waals surface area contributed by atoms with Crippen molar-refractivity contribution in [1.82, 2.24) is 4.90 Å². The minimum absolute atomic E-state index is 0.104. The topological polar surface area (TPSA) is 20.3 Å². The Morgan fingerprint density at radius 2 is 1.88 bits per heavy atom. The molecule has 88 valence electrons. The van der Waals surface area contributed by atoms with E-state index in [9.17, 15) is 4.79 Å². The maximum Gasteiger partial charge on any atom is 0.149 e. The fourth-order valence-electron chi connectivity index (χ4n) is 1.41. The Morgan fingerprint density at radius 1 is 1.31 bits per heavy atom. The Hall–Kier alpha value is -0.860. The summed E-state index contributed by atoms with van der Waals surface area (Å²) in [7, 11) is 1.95. The van der Waals surface area contributed by atoms with E-state index in [1.165, 1.54) is 5.56 Å². The second kappa shape index (κ2) is 6.02. The monoisotopic (exact) mass is 239 g/mol. The summed E-state index contributed by atoms with van der Waals surface area (Å²) >= 11 is 5.81. The molecule has 0 N–H and O–H groups in total. The first-order chi connectivity index (χ1) is 7.49. The maximum atomic E-state index is 11.5. The first-order valence-corrected chi connectivity index (χ1v) is 5.82. The molecule has 0 amide bonds. The molecule has 2 nitrogen and oxygen atoms in total. The summed E-state index contributed by atoms with van der Waals surface area (Å²) in [5.41, 5.74) is 1.17. The number of carbonyl (C=O) groups is 1. The van der Waals surface area contributed by atoms with Crippen molar-refractivity contribution in [1.29, 1.82) is 0 Å². The van der Waals surface area contributed by atoms with E-state index in [0.717, 1.165) is 11.6 Å². The molecule has 0 saturated heterocycles. The minimum Gasteiger partial charge on any atom is -0.298 e. The Labute approximate surface area is 102 Å². The van der Waals surface area contributed by atoms with Gasteiger partial charge < -0.3 is 0 Å². The number of carbonyl (C=O) groups excluding carboxylic acids is 1. The summed E-state index contributed by atoms with van der Waals surface area (Å²) in [5.74, 6) is 0.379. The third kappa shape index (κ3) is 4.33. The van der Waals surface area contributed by atoms with E-state index >= 15 is 0 Å². The Morgan fingerprint density at radius 3 is 2.38 bits per heavy atom. The summed E-state index contributed by atoms with van der Waals surface area (Å²) in [4.78, 5) is 13.6. The van der Waals surface area contributed by atoms with Crippen LogP contribution in [0.15, 0.2) is 24.3 Å². The molecule has 3 heteroatoms. The van der Waals surface area contributed by atoms with Crippen LogP contribution in [0.25, 0.3) is 0 Å². The Kier molecular flexibility index (Phi) is 4.97. The SMILES string of the molecule is CC(C)C(=O)CN(C)Cc1ccc(Cl)cc1. The lowest BCUT2D eigenvalue weighted by atomic mass is 10.1. The standard InChI is InChI=1S/C13H18ClNO/c1-10(2)13(16)9-15(3)8-11-4-6-12(14)7-5-11/h4-7,10H,8-9H2,1-3H3.